The fourth-order valence-electron chi connectivity index (χ4n) is 3.88. The van der Waals surface area contributed by atoms with Crippen LogP contribution in [0.25, 0.3) is 0 Å². The van der Waals surface area contributed by atoms with Crippen LogP contribution < -0.4 is 14.4 Å². The van der Waals surface area contributed by atoms with Crippen LogP contribution in [0.1, 0.15) is 31.7 Å². The second-order valence-electron chi connectivity index (χ2n) is 8.12. The van der Waals surface area contributed by atoms with Crippen molar-refractivity contribution in [1.82, 2.24) is 10.2 Å². The Morgan fingerprint density at radius 1 is 1.11 bits per heavy atom. The molecule has 1 N–H and O–H groups in total. The van der Waals surface area contributed by atoms with Gasteiger partial charge in [-0.1, -0.05) is 48.9 Å². The Morgan fingerprint density at radius 3 is 2.34 bits per heavy atom. The van der Waals surface area contributed by atoms with Gasteiger partial charge in [0, 0.05) is 26.6 Å². The molecule has 0 saturated carbocycles. The molecule has 10 heteroatoms. The number of carbonyl (C=O) groups excluding carboxylic acids is 2. The minimum absolute atomic E-state index is 0.0938. The molecular weight excluding hydrogens is 490 g/mol. The van der Waals surface area contributed by atoms with E-state index in [2.05, 4.69) is 5.32 Å². The van der Waals surface area contributed by atoms with Gasteiger partial charge in [-0.05, 0) is 43.0 Å². The molecule has 0 aliphatic carbocycles. The van der Waals surface area contributed by atoms with E-state index >= 15 is 0 Å². The van der Waals surface area contributed by atoms with Crippen molar-refractivity contribution in [3.05, 3.63) is 59.1 Å². The molecule has 2 amide bonds. The quantitative estimate of drug-likeness (QED) is 0.433. The van der Waals surface area contributed by atoms with Crippen LogP contribution in [0.15, 0.2) is 48.5 Å². The Labute approximate surface area is 213 Å². The number of nitrogens with zero attached hydrogens (tertiary/aromatic N) is 2. The standard InChI is InChI=1S/C25H34ClN3O5S/c1-5-22(25(31)27-2)28(17-15-19-10-7-6-8-11-19)24(30)12-9-16-29(35(4,32)33)20-13-14-23(34-3)21(26)18-20/h6-8,10-11,13-14,18,22H,5,9,12,15-17H2,1-4H3,(H,27,31). The van der Waals surface area contributed by atoms with E-state index in [9.17, 15) is 18.0 Å². The van der Waals surface area contributed by atoms with E-state index in [0.29, 0.717) is 30.8 Å². The second-order valence-corrected chi connectivity index (χ2v) is 10.4. The minimum atomic E-state index is -3.61. The van der Waals surface area contributed by atoms with Crippen LogP contribution >= 0.6 is 11.6 Å². The first-order chi connectivity index (χ1) is 16.6. The third kappa shape index (κ3) is 8.14. The SMILES string of the molecule is CCC(C(=O)NC)N(CCc1ccccc1)C(=O)CCCN(c1ccc(OC)c(Cl)c1)S(C)(=O)=O. The van der Waals surface area contributed by atoms with E-state index < -0.39 is 16.1 Å². The first-order valence-corrected chi connectivity index (χ1v) is 13.7. The molecule has 0 bridgehead atoms. The predicted octanol–water partition coefficient (Wildman–Crippen LogP) is 3.49. The van der Waals surface area contributed by atoms with Gasteiger partial charge in [0.05, 0.1) is 24.1 Å². The molecule has 0 aliphatic rings. The molecule has 0 aromatic heterocycles. The number of anilines is 1. The van der Waals surface area contributed by atoms with E-state index in [-0.39, 0.29) is 36.2 Å². The molecule has 1 unspecified atom stereocenters. The van der Waals surface area contributed by atoms with Gasteiger partial charge in [0.15, 0.2) is 0 Å². The van der Waals surface area contributed by atoms with E-state index in [1.165, 1.54) is 17.5 Å². The maximum absolute atomic E-state index is 13.2. The normalized spacial score (nSPS) is 12.0. The van der Waals surface area contributed by atoms with E-state index in [1.54, 1.807) is 24.1 Å². The van der Waals surface area contributed by atoms with Crippen LogP contribution in [-0.4, -0.2) is 64.7 Å². The lowest BCUT2D eigenvalue weighted by atomic mass is 10.1. The molecule has 0 radical (unpaired) electrons. The summed E-state index contributed by atoms with van der Waals surface area (Å²) in [6, 6.07) is 13.9. The van der Waals surface area contributed by atoms with Crippen LogP contribution in [0.4, 0.5) is 5.69 Å². The van der Waals surface area contributed by atoms with Gasteiger partial charge in [-0.3, -0.25) is 13.9 Å². The highest BCUT2D eigenvalue weighted by molar-refractivity contribution is 7.92. The predicted molar refractivity (Wildman–Crippen MR) is 139 cm³/mol. The number of amides is 2. The van der Waals surface area contributed by atoms with Gasteiger partial charge in [-0.15, -0.1) is 0 Å². The van der Waals surface area contributed by atoms with Crippen molar-refractivity contribution >= 4 is 39.1 Å². The van der Waals surface area contributed by atoms with Crippen LogP contribution in [0, 0.1) is 0 Å². The number of likely N-dealkylation sites (N-methyl/N-ethyl adjacent to an activating group) is 1. The number of hydrogen-bond donors (Lipinski definition) is 1. The number of rotatable bonds is 13. The largest absolute Gasteiger partial charge is 0.495 e. The molecule has 0 saturated heterocycles. The third-order valence-corrected chi connectivity index (χ3v) is 7.18. The summed E-state index contributed by atoms with van der Waals surface area (Å²) in [5.41, 5.74) is 1.46. The number of nitrogens with one attached hydrogen (secondary N) is 1. The smallest absolute Gasteiger partial charge is 0.242 e. The summed E-state index contributed by atoms with van der Waals surface area (Å²) in [4.78, 5) is 27.3. The summed E-state index contributed by atoms with van der Waals surface area (Å²) < 4.78 is 31.3. The summed E-state index contributed by atoms with van der Waals surface area (Å²) in [7, 11) is -0.583. The first kappa shape index (κ1) is 28.5. The zero-order chi connectivity index (χ0) is 26.0. The molecule has 0 heterocycles. The molecule has 2 aromatic carbocycles. The zero-order valence-electron chi connectivity index (χ0n) is 20.7. The molecule has 1 atom stereocenters. The minimum Gasteiger partial charge on any atom is -0.495 e. The second kappa shape index (κ2) is 13.3. The van der Waals surface area contributed by atoms with Gasteiger partial charge >= 0.3 is 0 Å². The van der Waals surface area contributed by atoms with Gasteiger partial charge in [0.2, 0.25) is 21.8 Å². The number of carbonyl (C=O) groups is 2. The lowest BCUT2D eigenvalue weighted by molar-refractivity contribution is -0.140. The summed E-state index contributed by atoms with van der Waals surface area (Å²) in [5.74, 6) is 0.0186. The van der Waals surface area contributed by atoms with E-state index in [0.717, 1.165) is 11.8 Å². The van der Waals surface area contributed by atoms with Crippen molar-refractivity contribution in [1.29, 1.82) is 0 Å². The maximum atomic E-state index is 13.2. The van der Waals surface area contributed by atoms with Crippen molar-refractivity contribution in [2.24, 2.45) is 0 Å². The van der Waals surface area contributed by atoms with Crippen LogP contribution in [0.5, 0.6) is 5.75 Å². The zero-order valence-corrected chi connectivity index (χ0v) is 22.2. The molecule has 0 aliphatic heterocycles. The first-order valence-electron chi connectivity index (χ1n) is 11.5. The number of halogens is 1. The average Bonchev–Trinajstić information content (AvgIpc) is 2.83. The summed E-state index contributed by atoms with van der Waals surface area (Å²) in [6.45, 7) is 2.34. The highest BCUT2D eigenvalue weighted by Crippen LogP contribution is 2.30. The van der Waals surface area contributed by atoms with E-state index in [4.69, 9.17) is 16.3 Å². The van der Waals surface area contributed by atoms with Gasteiger partial charge < -0.3 is 15.0 Å². The number of ether oxygens (including phenoxy) is 1. The number of methoxy groups -OCH3 is 1. The number of benzene rings is 2. The number of hydrogen-bond acceptors (Lipinski definition) is 5. The molecule has 192 valence electrons. The summed E-state index contributed by atoms with van der Waals surface area (Å²) >= 11 is 6.18. The molecule has 8 nitrogen and oxygen atoms in total. The Bertz CT molecular complexity index is 1100. The van der Waals surface area contributed by atoms with Crippen LogP contribution in [0.3, 0.4) is 0 Å². The highest BCUT2D eigenvalue weighted by atomic mass is 35.5. The van der Waals surface area contributed by atoms with Crippen LogP contribution in [-0.2, 0) is 26.0 Å². The fraction of sp³-hybridized carbons (Fsp3) is 0.440. The van der Waals surface area contributed by atoms with Crippen molar-refractivity contribution in [2.45, 2.75) is 38.6 Å². The van der Waals surface area contributed by atoms with Crippen molar-refractivity contribution in [2.75, 3.05) is 37.8 Å². The van der Waals surface area contributed by atoms with Gasteiger partial charge in [0.1, 0.15) is 11.8 Å². The Balaban J connectivity index is 2.14. The molecule has 0 spiro atoms. The third-order valence-electron chi connectivity index (χ3n) is 5.69. The molecular formula is C25H34ClN3O5S. The van der Waals surface area contributed by atoms with Gasteiger partial charge in [-0.2, -0.15) is 0 Å². The molecule has 2 rings (SSSR count). The Kier molecular flexibility index (Phi) is 10.9. The molecule has 2 aromatic rings. The van der Waals surface area contributed by atoms with Crippen molar-refractivity contribution in [3.63, 3.8) is 0 Å². The van der Waals surface area contributed by atoms with Gasteiger partial charge in [-0.25, -0.2) is 8.42 Å². The molecule has 0 fully saturated rings. The van der Waals surface area contributed by atoms with Crippen LogP contribution in [0.2, 0.25) is 5.02 Å². The Morgan fingerprint density at radius 2 is 1.80 bits per heavy atom. The Hall–Kier alpha value is -2.78. The highest BCUT2D eigenvalue weighted by Gasteiger charge is 2.28. The summed E-state index contributed by atoms with van der Waals surface area (Å²) in [5, 5.41) is 2.93. The number of sulfonamides is 1. The lowest BCUT2D eigenvalue weighted by Gasteiger charge is -2.30. The monoisotopic (exact) mass is 523 g/mol. The lowest BCUT2D eigenvalue weighted by Crippen LogP contribution is -2.49. The van der Waals surface area contributed by atoms with E-state index in [1.807, 2.05) is 37.3 Å². The topological polar surface area (TPSA) is 96.0 Å². The fourth-order valence-corrected chi connectivity index (χ4v) is 5.09. The molecule has 35 heavy (non-hydrogen) atoms. The van der Waals surface area contributed by atoms with Gasteiger partial charge in [0.25, 0.3) is 0 Å². The van der Waals surface area contributed by atoms with Crippen molar-refractivity contribution in [3.8, 4) is 5.75 Å². The summed E-state index contributed by atoms with van der Waals surface area (Å²) in [6.07, 6.45) is 2.57. The van der Waals surface area contributed by atoms with Crippen molar-refractivity contribution < 1.29 is 22.7 Å². The maximum Gasteiger partial charge on any atom is 0.242 e. The average molecular weight is 524 g/mol.